The van der Waals surface area contributed by atoms with Gasteiger partial charge in [0.15, 0.2) is 17.4 Å². The van der Waals surface area contributed by atoms with Crippen molar-refractivity contribution in [3.8, 4) is 17.2 Å². The smallest absolute Gasteiger partial charge is 0.430 e. The molecule has 0 bridgehead atoms. The largest absolute Gasteiger partial charge is 0.464 e. The Labute approximate surface area is 242 Å². The van der Waals surface area contributed by atoms with Gasteiger partial charge in [-0.15, -0.1) is 0 Å². The van der Waals surface area contributed by atoms with E-state index in [4.69, 9.17) is 9.47 Å². The molecule has 0 spiro atoms. The highest BCUT2D eigenvalue weighted by Crippen LogP contribution is 2.47. The van der Waals surface area contributed by atoms with E-state index < -0.39 is 41.1 Å². The number of carbonyl (C=O) groups is 4. The van der Waals surface area contributed by atoms with Gasteiger partial charge in [-0.05, 0) is 67.4 Å². The molecule has 0 radical (unpaired) electrons. The lowest BCUT2D eigenvalue weighted by Gasteiger charge is -2.17. The molecule has 43 heavy (non-hydrogen) atoms. The fraction of sp³-hybridized carbons (Fsp3) is 0.100. The van der Waals surface area contributed by atoms with Crippen LogP contribution in [0.15, 0.2) is 91.1 Å². The summed E-state index contributed by atoms with van der Waals surface area (Å²) in [5.74, 6) is -3.11. The molecular weight excluding hydrogens is 566 g/mol. The van der Waals surface area contributed by atoms with Crippen LogP contribution in [0.3, 0.4) is 0 Å². The molecule has 1 heterocycles. The third kappa shape index (κ3) is 6.56. The van der Waals surface area contributed by atoms with Gasteiger partial charge in [0.1, 0.15) is 22.7 Å². The number of nitrogens with one attached hydrogen (secondary N) is 2. The molecular formula is C30H22F2N4O7. The number of hydrogen-bond acceptors (Lipinski definition) is 7. The van der Waals surface area contributed by atoms with E-state index in [1.807, 2.05) is 0 Å². The molecule has 1 saturated carbocycles. The number of ether oxygens (including phenoxy) is 2. The van der Waals surface area contributed by atoms with Crippen LogP contribution in [0.25, 0.3) is 0 Å². The van der Waals surface area contributed by atoms with Crippen LogP contribution in [0.2, 0.25) is 0 Å². The lowest BCUT2D eigenvalue weighted by atomic mass is 10.0. The van der Waals surface area contributed by atoms with E-state index in [0.717, 1.165) is 18.3 Å². The number of amides is 4. The van der Waals surface area contributed by atoms with Crippen LogP contribution in [-0.2, 0) is 9.59 Å². The van der Waals surface area contributed by atoms with Crippen molar-refractivity contribution >= 4 is 41.2 Å². The minimum absolute atomic E-state index is 0.0474. The third-order valence-electron chi connectivity index (χ3n) is 6.41. The minimum atomic E-state index is -1.67. The summed E-state index contributed by atoms with van der Waals surface area (Å²) < 4.78 is 38.7. The Morgan fingerprint density at radius 2 is 1.47 bits per heavy atom. The summed E-state index contributed by atoms with van der Waals surface area (Å²) in [6.07, 6.45) is -1.18. The van der Waals surface area contributed by atoms with Crippen molar-refractivity contribution in [1.82, 2.24) is 4.98 Å². The molecule has 0 aliphatic heterocycles. The number of hydrogen-bond donors (Lipinski definition) is 3. The summed E-state index contributed by atoms with van der Waals surface area (Å²) in [6, 6.07) is 18.9. The van der Waals surface area contributed by atoms with Crippen molar-refractivity contribution < 1.29 is 42.5 Å². The number of halogens is 2. The first-order valence-corrected chi connectivity index (χ1v) is 12.8. The number of rotatable bonds is 8. The number of nitrogens with zero attached hydrogens (tertiary/aromatic N) is 2. The summed E-state index contributed by atoms with van der Waals surface area (Å²) in [6.45, 7) is 0. The van der Waals surface area contributed by atoms with Crippen LogP contribution >= 0.6 is 0 Å². The second-order valence-electron chi connectivity index (χ2n) is 9.39. The number of carbonyl (C=O) groups excluding carboxylic acids is 3. The van der Waals surface area contributed by atoms with Crippen molar-refractivity contribution in [3.05, 3.63) is 103 Å². The van der Waals surface area contributed by atoms with Crippen molar-refractivity contribution in [1.29, 1.82) is 0 Å². The Bertz CT molecular complexity index is 1700. The molecule has 3 N–H and O–H groups in total. The van der Waals surface area contributed by atoms with E-state index in [1.165, 1.54) is 54.6 Å². The number of aromatic nitrogens is 1. The van der Waals surface area contributed by atoms with Gasteiger partial charge in [-0.3, -0.25) is 9.59 Å². The van der Waals surface area contributed by atoms with E-state index in [1.54, 1.807) is 18.2 Å². The summed E-state index contributed by atoms with van der Waals surface area (Å²) in [4.78, 5) is 54.2. The molecule has 1 aliphatic rings. The molecule has 1 fully saturated rings. The molecule has 1 aliphatic carbocycles. The molecule has 4 aromatic rings. The number of pyridine rings is 1. The number of anilines is 3. The number of imide groups is 1. The molecule has 0 atom stereocenters. The van der Waals surface area contributed by atoms with E-state index in [0.29, 0.717) is 5.69 Å². The first-order chi connectivity index (χ1) is 20.6. The Hall–Kier alpha value is -5.85. The Morgan fingerprint density at radius 1 is 0.814 bits per heavy atom. The molecule has 5 rings (SSSR count). The highest BCUT2D eigenvalue weighted by Gasteiger charge is 2.56. The average molecular weight is 589 g/mol. The number of benzene rings is 3. The Kier molecular flexibility index (Phi) is 7.96. The lowest BCUT2D eigenvalue weighted by molar-refractivity contribution is -0.131. The standard InChI is InChI=1S/C30H22F2N4O7/c31-18-6-8-19(9-7-18)34-26(37)30(13-14-30)27(38)35-20-10-11-24(23(32)16-20)42-22-12-15-33-25(17-22)36(28(39)40)29(41)43-21-4-2-1-3-5-21/h1-12,15-17H,13-14H2,(H,34,37)(H,35,38)(H,39,40). The zero-order valence-electron chi connectivity index (χ0n) is 22.1. The van der Waals surface area contributed by atoms with Crippen LogP contribution in [0.1, 0.15) is 12.8 Å². The maximum atomic E-state index is 15.0. The molecule has 3 aromatic carbocycles. The van der Waals surface area contributed by atoms with Crippen molar-refractivity contribution in [2.24, 2.45) is 5.41 Å². The van der Waals surface area contributed by atoms with E-state index >= 15 is 0 Å². The van der Waals surface area contributed by atoms with E-state index in [2.05, 4.69) is 15.6 Å². The SMILES string of the molecule is O=C(O)N(C(=O)Oc1ccccc1)c1cc(Oc2ccc(NC(=O)C3(C(=O)Nc4ccc(F)cc4)CC3)cc2F)ccn1. The molecule has 218 valence electrons. The van der Waals surface area contributed by atoms with Gasteiger partial charge >= 0.3 is 12.2 Å². The molecule has 11 nitrogen and oxygen atoms in total. The maximum Gasteiger partial charge on any atom is 0.430 e. The van der Waals surface area contributed by atoms with Crippen LogP contribution in [0, 0.1) is 17.0 Å². The van der Waals surface area contributed by atoms with Gasteiger partial charge < -0.3 is 25.2 Å². The second-order valence-corrected chi connectivity index (χ2v) is 9.39. The summed E-state index contributed by atoms with van der Waals surface area (Å²) in [7, 11) is 0. The van der Waals surface area contributed by atoms with Gasteiger partial charge in [-0.2, -0.15) is 4.90 Å². The third-order valence-corrected chi connectivity index (χ3v) is 6.41. The van der Waals surface area contributed by atoms with Gasteiger partial charge in [0.05, 0.1) is 0 Å². The zero-order chi connectivity index (χ0) is 30.6. The van der Waals surface area contributed by atoms with Gasteiger partial charge in [0, 0.05) is 29.7 Å². The van der Waals surface area contributed by atoms with Crippen LogP contribution in [0.4, 0.5) is 35.6 Å². The van der Waals surface area contributed by atoms with Gasteiger partial charge in [0.2, 0.25) is 11.8 Å². The first kappa shape index (κ1) is 28.7. The van der Waals surface area contributed by atoms with Crippen LogP contribution in [-0.4, -0.2) is 34.1 Å². The molecule has 0 unspecified atom stereocenters. The monoisotopic (exact) mass is 588 g/mol. The molecule has 13 heteroatoms. The van der Waals surface area contributed by atoms with Crippen LogP contribution in [0.5, 0.6) is 17.2 Å². The van der Waals surface area contributed by atoms with Crippen molar-refractivity contribution in [2.45, 2.75) is 12.8 Å². The van der Waals surface area contributed by atoms with E-state index in [-0.39, 0.29) is 46.5 Å². The normalized spacial score (nSPS) is 12.9. The lowest BCUT2D eigenvalue weighted by Crippen LogP contribution is -2.38. The van der Waals surface area contributed by atoms with Gasteiger partial charge in [0.25, 0.3) is 0 Å². The highest BCUT2D eigenvalue weighted by molar-refractivity contribution is 6.17. The molecule has 4 amide bonds. The van der Waals surface area contributed by atoms with Crippen LogP contribution < -0.4 is 25.0 Å². The van der Waals surface area contributed by atoms with E-state index in [9.17, 15) is 33.1 Å². The average Bonchev–Trinajstić information content (AvgIpc) is 3.79. The minimum Gasteiger partial charge on any atom is -0.464 e. The summed E-state index contributed by atoms with van der Waals surface area (Å²) in [5, 5.41) is 14.7. The quantitative estimate of drug-likeness (QED) is 0.206. The predicted octanol–water partition coefficient (Wildman–Crippen LogP) is 6.19. The predicted molar refractivity (Wildman–Crippen MR) is 149 cm³/mol. The number of para-hydroxylation sites is 1. The Morgan fingerprint density at radius 3 is 2.09 bits per heavy atom. The fourth-order valence-corrected chi connectivity index (χ4v) is 4.00. The number of carboxylic acid groups (broad SMARTS) is 1. The van der Waals surface area contributed by atoms with Crippen molar-refractivity contribution in [2.75, 3.05) is 15.5 Å². The summed E-state index contributed by atoms with van der Waals surface area (Å²) >= 11 is 0. The first-order valence-electron chi connectivity index (χ1n) is 12.8. The zero-order valence-corrected chi connectivity index (χ0v) is 22.1. The maximum absolute atomic E-state index is 15.0. The summed E-state index contributed by atoms with van der Waals surface area (Å²) in [5.41, 5.74) is -0.950. The second kappa shape index (κ2) is 11.9. The highest BCUT2D eigenvalue weighted by atomic mass is 19.1. The molecule has 0 saturated heterocycles. The molecule has 1 aromatic heterocycles. The Balaban J connectivity index is 1.25. The van der Waals surface area contributed by atoms with Gasteiger partial charge in [-0.25, -0.2) is 23.4 Å². The fourth-order valence-electron chi connectivity index (χ4n) is 4.00. The topological polar surface area (TPSA) is 147 Å². The van der Waals surface area contributed by atoms with Gasteiger partial charge in [-0.1, -0.05) is 18.2 Å². The van der Waals surface area contributed by atoms with Crippen molar-refractivity contribution in [3.63, 3.8) is 0 Å².